The van der Waals surface area contributed by atoms with E-state index >= 15 is 0 Å². The Labute approximate surface area is 119 Å². The highest BCUT2D eigenvalue weighted by molar-refractivity contribution is 6.19. The van der Waals surface area contributed by atoms with Crippen molar-refractivity contribution in [2.45, 2.75) is 19.8 Å². The first-order valence-corrected chi connectivity index (χ1v) is 7.42. The van der Waals surface area contributed by atoms with Crippen molar-refractivity contribution < 1.29 is 4.79 Å². The fourth-order valence-electron chi connectivity index (χ4n) is 2.36. The average Bonchev–Trinajstić information content (AvgIpc) is 2.86. The smallest absolute Gasteiger partial charge is 0.224 e. The molecule has 1 amide bonds. The zero-order valence-corrected chi connectivity index (χ0v) is 12.1. The number of fused-ring (bicyclic) bond motifs is 1. The molecule has 19 heavy (non-hydrogen) atoms. The first-order valence-electron chi connectivity index (χ1n) is 6.89. The van der Waals surface area contributed by atoms with E-state index in [9.17, 15) is 4.79 Å². The molecule has 3 nitrogen and oxygen atoms in total. The standard InChI is InChI=1S/C15H21ClN2O/c1-12(11-16)15(19)17-8-4-9-18-10-7-13-5-2-3-6-14(13)18/h2-3,5-6,12H,4,7-11H2,1H3,(H,17,19). The molecule has 1 atom stereocenters. The molecule has 4 heteroatoms. The van der Waals surface area contributed by atoms with Crippen molar-refractivity contribution in [3.63, 3.8) is 0 Å². The second-order valence-electron chi connectivity index (χ2n) is 5.07. The maximum Gasteiger partial charge on any atom is 0.224 e. The van der Waals surface area contributed by atoms with Gasteiger partial charge in [0.15, 0.2) is 0 Å². The highest BCUT2D eigenvalue weighted by atomic mass is 35.5. The van der Waals surface area contributed by atoms with Gasteiger partial charge in [-0.15, -0.1) is 11.6 Å². The van der Waals surface area contributed by atoms with E-state index < -0.39 is 0 Å². The molecule has 1 aromatic carbocycles. The summed E-state index contributed by atoms with van der Waals surface area (Å²) in [6.45, 7) is 4.65. The lowest BCUT2D eigenvalue weighted by molar-refractivity contribution is -0.123. The van der Waals surface area contributed by atoms with Gasteiger partial charge >= 0.3 is 0 Å². The fourth-order valence-corrected chi connectivity index (χ4v) is 2.50. The molecule has 1 aliphatic rings. The van der Waals surface area contributed by atoms with Crippen molar-refractivity contribution in [2.75, 3.05) is 30.4 Å². The average molecular weight is 281 g/mol. The third-order valence-electron chi connectivity index (χ3n) is 3.57. The van der Waals surface area contributed by atoms with Crippen LogP contribution in [0.5, 0.6) is 0 Å². The van der Waals surface area contributed by atoms with E-state index in [4.69, 9.17) is 11.6 Å². The summed E-state index contributed by atoms with van der Waals surface area (Å²) >= 11 is 5.65. The molecule has 0 fully saturated rings. The van der Waals surface area contributed by atoms with E-state index in [1.165, 1.54) is 11.3 Å². The van der Waals surface area contributed by atoms with Gasteiger partial charge in [0.1, 0.15) is 0 Å². The summed E-state index contributed by atoms with van der Waals surface area (Å²) in [5.41, 5.74) is 2.78. The summed E-state index contributed by atoms with van der Waals surface area (Å²) in [7, 11) is 0. The minimum absolute atomic E-state index is 0.0526. The number of rotatable bonds is 6. The zero-order valence-electron chi connectivity index (χ0n) is 11.4. The molecule has 0 bridgehead atoms. The van der Waals surface area contributed by atoms with Gasteiger partial charge < -0.3 is 10.2 Å². The zero-order chi connectivity index (χ0) is 13.7. The molecule has 1 unspecified atom stereocenters. The minimum Gasteiger partial charge on any atom is -0.371 e. The summed E-state index contributed by atoms with van der Waals surface area (Å²) in [5, 5.41) is 2.93. The van der Waals surface area contributed by atoms with Gasteiger partial charge in [-0.2, -0.15) is 0 Å². The molecule has 1 heterocycles. The maximum atomic E-state index is 11.6. The molecule has 0 aromatic heterocycles. The minimum atomic E-state index is -0.103. The summed E-state index contributed by atoms with van der Waals surface area (Å²) in [4.78, 5) is 14.0. The highest BCUT2D eigenvalue weighted by Crippen LogP contribution is 2.27. The van der Waals surface area contributed by atoms with Crippen LogP contribution < -0.4 is 10.2 Å². The van der Waals surface area contributed by atoms with E-state index in [0.29, 0.717) is 5.88 Å². The van der Waals surface area contributed by atoms with Crippen LogP contribution in [0, 0.1) is 5.92 Å². The van der Waals surface area contributed by atoms with Crippen LogP contribution in [0.25, 0.3) is 0 Å². The predicted octanol–water partition coefficient (Wildman–Crippen LogP) is 2.43. The molecular weight excluding hydrogens is 260 g/mol. The van der Waals surface area contributed by atoms with E-state index in [2.05, 4.69) is 34.5 Å². The van der Waals surface area contributed by atoms with Gasteiger partial charge in [-0.25, -0.2) is 0 Å². The monoisotopic (exact) mass is 280 g/mol. The molecule has 104 valence electrons. The van der Waals surface area contributed by atoms with Crippen molar-refractivity contribution >= 4 is 23.2 Å². The van der Waals surface area contributed by atoms with Gasteiger partial charge in [-0.05, 0) is 24.5 Å². The molecule has 2 rings (SSSR count). The second-order valence-corrected chi connectivity index (χ2v) is 5.37. The van der Waals surface area contributed by atoms with Gasteiger partial charge in [0.05, 0.1) is 0 Å². The molecule has 0 saturated heterocycles. The first kappa shape index (κ1) is 14.2. The Kier molecular flexibility index (Phi) is 5.08. The lowest BCUT2D eigenvalue weighted by atomic mass is 10.2. The van der Waals surface area contributed by atoms with Crippen LogP contribution in [0.15, 0.2) is 24.3 Å². The third-order valence-corrected chi connectivity index (χ3v) is 4.03. The second kappa shape index (κ2) is 6.80. The Bertz CT molecular complexity index is 436. The Hall–Kier alpha value is -1.22. The number of anilines is 1. The largest absolute Gasteiger partial charge is 0.371 e. The number of nitrogens with zero attached hydrogens (tertiary/aromatic N) is 1. The Balaban J connectivity index is 1.72. The Morgan fingerprint density at radius 2 is 2.26 bits per heavy atom. The van der Waals surface area contributed by atoms with E-state index in [1.54, 1.807) is 0 Å². The quantitative estimate of drug-likeness (QED) is 0.641. The number of hydrogen-bond donors (Lipinski definition) is 1. The number of benzene rings is 1. The topological polar surface area (TPSA) is 32.3 Å². The van der Waals surface area contributed by atoms with E-state index in [0.717, 1.165) is 32.5 Å². The SMILES string of the molecule is CC(CCl)C(=O)NCCCN1CCc2ccccc21. The van der Waals surface area contributed by atoms with Gasteiger partial charge in [-0.3, -0.25) is 4.79 Å². The lowest BCUT2D eigenvalue weighted by Gasteiger charge is -2.19. The summed E-state index contributed by atoms with van der Waals surface area (Å²) in [6, 6.07) is 8.55. The van der Waals surface area contributed by atoms with Crippen LogP contribution >= 0.6 is 11.6 Å². The van der Waals surface area contributed by atoms with E-state index in [1.807, 2.05) is 6.92 Å². The number of hydrogen-bond acceptors (Lipinski definition) is 2. The molecule has 1 aromatic rings. The third kappa shape index (κ3) is 3.63. The Morgan fingerprint density at radius 1 is 1.47 bits per heavy atom. The molecule has 0 aliphatic carbocycles. The maximum absolute atomic E-state index is 11.6. The van der Waals surface area contributed by atoms with Crippen LogP contribution in [0.1, 0.15) is 18.9 Å². The summed E-state index contributed by atoms with van der Waals surface area (Å²) < 4.78 is 0. The van der Waals surface area contributed by atoms with Gasteiger partial charge in [-0.1, -0.05) is 25.1 Å². The van der Waals surface area contributed by atoms with Crippen molar-refractivity contribution in [3.05, 3.63) is 29.8 Å². The number of halogens is 1. The number of carbonyl (C=O) groups excluding carboxylic acids is 1. The van der Waals surface area contributed by atoms with Crippen molar-refractivity contribution in [1.29, 1.82) is 0 Å². The van der Waals surface area contributed by atoms with Crippen LogP contribution in [-0.2, 0) is 11.2 Å². The number of nitrogens with one attached hydrogen (secondary N) is 1. The number of carbonyl (C=O) groups is 1. The molecule has 0 saturated carbocycles. The van der Waals surface area contributed by atoms with Crippen LogP contribution in [0.2, 0.25) is 0 Å². The van der Waals surface area contributed by atoms with Crippen LogP contribution in [0.4, 0.5) is 5.69 Å². The predicted molar refractivity (Wildman–Crippen MR) is 79.9 cm³/mol. The first-order chi connectivity index (χ1) is 9.22. The summed E-state index contributed by atoms with van der Waals surface area (Å²) in [5.74, 6) is 0.330. The Morgan fingerprint density at radius 3 is 3.05 bits per heavy atom. The fraction of sp³-hybridized carbons (Fsp3) is 0.533. The number of para-hydroxylation sites is 1. The van der Waals surface area contributed by atoms with Crippen LogP contribution in [0.3, 0.4) is 0 Å². The highest BCUT2D eigenvalue weighted by Gasteiger charge is 2.17. The van der Waals surface area contributed by atoms with Gasteiger partial charge in [0.25, 0.3) is 0 Å². The summed E-state index contributed by atoms with van der Waals surface area (Å²) in [6.07, 6.45) is 2.10. The van der Waals surface area contributed by atoms with Gasteiger partial charge in [0, 0.05) is 37.1 Å². The number of amides is 1. The van der Waals surface area contributed by atoms with Crippen molar-refractivity contribution in [2.24, 2.45) is 5.92 Å². The molecule has 1 aliphatic heterocycles. The molecular formula is C15H21ClN2O. The van der Waals surface area contributed by atoms with Crippen LogP contribution in [-0.4, -0.2) is 31.4 Å². The normalized spacial score (nSPS) is 15.2. The van der Waals surface area contributed by atoms with E-state index in [-0.39, 0.29) is 11.8 Å². The van der Waals surface area contributed by atoms with Gasteiger partial charge in [0.2, 0.25) is 5.91 Å². The molecule has 1 N–H and O–H groups in total. The van der Waals surface area contributed by atoms with Crippen molar-refractivity contribution in [3.8, 4) is 0 Å². The number of alkyl halides is 1. The molecule has 0 radical (unpaired) electrons. The lowest BCUT2D eigenvalue weighted by Crippen LogP contribution is -2.33. The molecule has 0 spiro atoms. The van der Waals surface area contributed by atoms with Crippen molar-refractivity contribution in [1.82, 2.24) is 5.32 Å².